The molecule has 5 rings (SSSR count). The van der Waals surface area contributed by atoms with Crippen LogP contribution in [-0.2, 0) is 30.6 Å². The topological polar surface area (TPSA) is 200 Å². The zero-order chi connectivity index (χ0) is 27.8. The van der Waals surface area contributed by atoms with Crippen LogP contribution >= 0.6 is 23.7 Å². The molecule has 3 aliphatic rings. The van der Waals surface area contributed by atoms with E-state index in [0.717, 1.165) is 35.7 Å². The molecule has 1 saturated heterocycles. The number of hydrogen-bond donors (Lipinski definition) is 5. The highest BCUT2D eigenvalue weighted by molar-refractivity contribution is 8.02. The molecular formula is C20H20FN10O6S2+. The maximum absolute atomic E-state index is 13.8. The number of carboxylic acids is 1. The zero-order valence-corrected chi connectivity index (χ0v) is 21.5. The van der Waals surface area contributed by atoms with E-state index in [1.165, 1.54) is 10.7 Å². The summed E-state index contributed by atoms with van der Waals surface area (Å²) in [5.41, 5.74) is 6.56. The van der Waals surface area contributed by atoms with E-state index in [2.05, 4.69) is 30.6 Å². The number of halogens is 1. The van der Waals surface area contributed by atoms with Crippen molar-refractivity contribution in [3.63, 3.8) is 0 Å². The van der Waals surface area contributed by atoms with Gasteiger partial charge in [0, 0.05) is 11.6 Å². The lowest BCUT2D eigenvalue weighted by molar-refractivity contribution is -0.666. The summed E-state index contributed by atoms with van der Waals surface area (Å²) in [5, 5.41) is 22.5. The fourth-order valence-electron chi connectivity index (χ4n) is 4.27. The number of rotatable bonds is 9. The fraction of sp³-hybridized carbons (Fsp3) is 0.250. The van der Waals surface area contributed by atoms with Crippen LogP contribution in [0.2, 0.25) is 0 Å². The van der Waals surface area contributed by atoms with E-state index in [-0.39, 0.29) is 12.2 Å². The van der Waals surface area contributed by atoms with Crippen LogP contribution in [0.3, 0.4) is 0 Å². The summed E-state index contributed by atoms with van der Waals surface area (Å²) in [6, 6.07) is 2.05. The smallest absolute Gasteiger partial charge is 0.352 e. The molecule has 0 aromatic carbocycles. The molecule has 0 saturated carbocycles. The summed E-state index contributed by atoms with van der Waals surface area (Å²) >= 11 is 2.22. The van der Waals surface area contributed by atoms with E-state index in [1.807, 2.05) is 0 Å². The first-order chi connectivity index (χ1) is 18.7. The molecule has 1 fully saturated rings. The molecular weight excluding hydrogens is 559 g/mol. The maximum atomic E-state index is 13.8. The molecule has 0 bridgehead atoms. The molecule has 16 nitrogen and oxygen atoms in total. The number of fused-ring (bicyclic) bond motifs is 2. The van der Waals surface area contributed by atoms with Gasteiger partial charge in [0.25, 0.3) is 5.91 Å². The molecule has 2 unspecified atom stereocenters. The molecule has 0 radical (unpaired) electrons. The van der Waals surface area contributed by atoms with Crippen molar-refractivity contribution < 1.29 is 38.1 Å². The number of carbonyl (C=O) groups excluding carboxylic acids is 3. The number of thioether (sulfide) groups is 1. The number of nitrogen functional groups attached to an aromatic ring is 1. The second-order valence-corrected chi connectivity index (χ2v) is 10.1. The summed E-state index contributed by atoms with van der Waals surface area (Å²) < 4.78 is 17.0. The number of anilines is 1. The third-order valence-corrected chi connectivity index (χ3v) is 8.18. The number of aromatic nitrogens is 3. The van der Waals surface area contributed by atoms with Gasteiger partial charge in [0.2, 0.25) is 12.2 Å². The lowest BCUT2D eigenvalue weighted by Gasteiger charge is -2.52. The predicted molar refractivity (Wildman–Crippen MR) is 134 cm³/mol. The summed E-state index contributed by atoms with van der Waals surface area (Å²) in [5.74, 6) is -4.54. The number of carboxylic acid groups (broad SMARTS) is 1. The van der Waals surface area contributed by atoms with E-state index < -0.39 is 40.5 Å². The molecule has 19 heteroatoms. The minimum absolute atomic E-state index is 0.00452. The fourth-order valence-corrected chi connectivity index (χ4v) is 6.51. The minimum atomic E-state index is -1.49. The highest BCUT2D eigenvalue weighted by Crippen LogP contribution is 2.46. The van der Waals surface area contributed by atoms with Crippen LogP contribution in [0.1, 0.15) is 0 Å². The second-order valence-electron chi connectivity index (χ2n) is 8.11. The van der Waals surface area contributed by atoms with Gasteiger partial charge in [-0.15, -0.1) is 11.8 Å². The Bertz CT molecular complexity index is 1480. The number of nitrogens with two attached hydrogens (primary N) is 1. The van der Waals surface area contributed by atoms with Crippen LogP contribution in [0.5, 0.6) is 0 Å². The first-order valence-electron chi connectivity index (χ1n) is 11.0. The maximum Gasteiger partial charge on any atom is 0.352 e. The second kappa shape index (κ2) is 10.4. The van der Waals surface area contributed by atoms with Crippen LogP contribution in [0, 0.1) is 0 Å². The molecule has 2 aromatic rings. The number of carbonyl (C=O) groups is 4. The van der Waals surface area contributed by atoms with Gasteiger partial charge in [0.15, 0.2) is 0 Å². The molecule has 0 aliphatic carbocycles. The molecule has 5 heterocycles. The van der Waals surface area contributed by atoms with Gasteiger partial charge in [0.1, 0.15) is 41.2 Å². The Balaban J connectivity index is 1.56. The average Bonchev–Trinajstić information content (AvgIpc) is 3.59. The number of β-lactam (4-membered cyclic amide) rings is 1. The third kappa shape index (κ3) is 4.59. The first-order valence-corrected chi connectivity index (χ1v) is 12.8. The predicted octanol–water partition coefficient (Wildman–Crippen LogP) is -1.79. The van der Waals surface area contributed by atoms with Gasteiger partial charge < -0.3 is 26.3 Å². The van der Waals surface area contributed by atoms with Crippen LogP contribution < -0.4 is 25.8 Å². The van der Waals surface area contributed by atoms with Crippen molar-refractivity contribution >= 4 is 65.3 Å². The summed E-state index contributed by atoms with van der Waals surface area (Å²) in [7, 11) is 1.05. The third-order valence-electron chi connectivity index (χ3n) is 5.90. The van der Waals surface area contributed by atoms with Crippen molar-refractivity contribution in [3.05, 3.63) is 47.0 Å². The number of hydrogen-bond acceptors (Lipinski definition) is 12. The molecule has 39 heavy (non-hydrogen) atoms. The minimum Gasteiger partial charge on any atom is -0.477 e. The lowest BCUT2D eigenvalue weighted by Crippen LogP contribution is -2.72. The average molecular weight is 580 g/mol. The van der Waals surface area contributed by atoms with Crippen LogP contribution in [0.25, 0.3) is 5.65 Å². The number of nitrogens with zero attached hydrogens (tertiary/aromatic N) is 6. The molecule has 3 atom stereocenters. The summed E-state index contributed by atoms with van der Waals surface area (Å²) in [6.07, 6.45) is 5.25. The van der Waals surface area contributed by atoms with E-state index >= 15 is 0 Å². The van der Waals surface area contributed by atoms with Crippen molar-refractivity contribution in [1.82, 2.24) is 35.0 Å². The van der Waals surface area contributed by atoms with Crippen LogP contribution in [-0.4, -0.2) is 78.7 Å². The van der Waals surface area contributed by atoms with Crippen molar-refractivity contribution in [3.8, 4) is 0 Å². The van der Waals surface area contributed by atoms with Gasteiger partial charge in [0.05, 0.1) is 24.7 Å². The van der Waals surface area contributed by atoms with Gasteiger partial charge in [-0.1, -0.05) is 9.61 Å². The van der Waals surface area contributed by atoms with E-state index in [0.29, 0.717) is 28.5 Å². The van der Waals surface area contributed by atoms with Crippen LogP contribution in [0.4, 0.5) is 10.2 Å². The van der Waals surface area contributed by atoms with E-state index in [1.54, 1.807) is 34.1 Å². The Labute approximate surface area is 226 Å². The molecule has 3 amide bonds. The Morgan fingerprint density at radius 2 is 2.23 bits per heavy atom. The number of hydrazine groups is 1. The monoisotopic (exact) mass is 579 g/mol. The van der Waals surface area contributed by atoms with Crippen molar-refractivity contribution in [1.29, 1.82) is 0 Å². The summed E-state index contributed by atoms with van der Waals surface area (Å²) in [4.78, 5) is 57.1. The Kier molecular flexibility index (Phi) is 7.02. The van der Waals surface area contributed by atoms with Crippen LogP contribution in [0.15, 0.2) is 52.2 Å². The highest BCUT2D eigenvalue weighted by atomic mass is 32.2. The van der Waals surface area contributed by atoms with Gasteiger partial charge in [-0.3, -0.25) is 24.3 Å². The number of nitrogens with one attached hydrogen (secondary N) is 3. The quantitative estimate of drug-likeness (QED) is 0.0559. The van der Waals surface area contributed by atoms with Crippen molar-refractivity contribution in [2.75, 3.05) is 12.8 Å². The number of amides is 3. The standard InChI is InChI=1S/C20H19FN10O6S2/c1-37-26-15(21)16(33)25-13-17(34)30-14(20(35)36)9(6-28-5-3-10(22)31-12(28)2-4-24-31)18(38-19(13)30)29-7-11(23-8-32)39-27-29/h2-5,7-8,13,18-19,22,27H,6H2,1H3,(H3,23,25,32,33,35,36)/p+1/t13?,18?,19-/m0/s1. The molecule has 6 N–H and O–H groups in total. The SMILES string of the molecule is CON=C(F)C(=O)NC1C(=O)N2C(C(=O)O)=C(C[n+]3ccc(N)n4nccc43)C(N3C=C(NC=O)SN3)S[C@@H]12. The summed E-state index contributed by atoms with van der Waals surface area (Å²) in [6.45, 7) is 0.00452. The number of aliphatic carboxylic acids is 1. The van der Waals surface area contributed by atoms with Gasteiger partial charge in [-0.25, -0.2) is 9.36 Å². The Morgan fingerprint density at radius 1 is 1.44 bits per heavy atom. The largest absolute Gasteiger partial charge is 0.477 e. The van der Waals surface area contributed by atoms with E-state index in [9.17, 15) is 28.7 Å². The molecule has 0 spiro atoms. The molecule has 2 aromatic heterocycles. The number of oxime groups is 1. The lowest BCUT2D eigenvalue weighted by atomic mass is 10.0. The molecule has 204 valence electrons. The highest BCUT2D eigenvalue weighted by Gasteiger charge is 2.57. The first kappa shape index (κ1) is 26.3. The van der Waals surface area contributed by atoms with Gasteiger partial charge >= 0.3 is 23.5 Å². The van der Waals surface area contributed by atoms with Crippen molar-refractivity contribution in [2.45, 2.75) is 23.3 Å². The van der Waals surface area contributed by atoms with Gasteiger partial charge in [-0.05, 0) is 17.1 Å². The van der Waals surface area contributed by atoms with E-state index in [4.69, 9.17) is 5.73 Å². The Hall–Kier alpha value is -4.36. The zero-order valence-electron chi connectivity index (χ0n) is 19.8. The van der Waals surface area contributed by atoms with Gasteiger partial charge in [-0.2, -0.15) is 9.22 Å². The van der Waals surface area contributed by atoms with Crippen molar-refractivity contribution in [2.24, 2.45) is 5.16 Å². The Morgan fingerprint density at radius 3 is 2.95 bits per heavy atom. The molecule has 3 aliphatic heterocycles. The normalized spacial score (nSPS) is 22.8.